The fourth-order valence-corrected chi connectivity index (χ4v) is 3.52. The molecule has 1 aliphatic rings. The van der Waals surface area contributed by atoms with E-state index in [0.29, 0.717) is 5.02 Å². The Bertz CT molecular complexity index is 1080. The van der Waals surface area contributed by atoms with Crippen LogP contribution in [0.25, 0.3) is 11.4 Å². The van der Waals surface area contributed by atoms with Crippen molar-refractivity contribution in [2.24, 2.45) is 0 Å². The van der Waals surface area contributed by atoms with Crippen molar-refractivity contribution in [3.05, 3.63) is 65.5 Å². The van der Waals surface area contributed by atoms with Crippen molar-refractivity contribution in [2.45, 2.75) is 18.4 Å². The van der Waals surface area contributed by atoms with Crippen LogP contribution >= 0.6 is 11.6 Å². The summed E-state index contributed by atoms with van der Waals surface area (Å²) in [7, 11) is 0. The van der Waals surface area contributed by atoms with Crippen molar-refractivity contribution in [1.29, 1.82) is 0 Å². The monoisotopic (exact) mass is 448 g/mol. The first-order valence-electron chi connectivity index (χ1n) is 9.33. The first-order valence-corrected chi connectivity index (χ1v) is 9.71. The number of anilines is 1. The van der Waals surface area contributed by atoms with Crippen LogP contribution in [0.2, 0.25) is 5.02 Å². The zero-order chi connectivity index (χ0) is 22.0. The molecule has 1 amide bonds. The van der Waals surface area contributed by atoms with E-state index in [4.69, 9.17) is 11.6 Å². The number of alkyl halides is 2. The number of likely N-dealkylation sites (tertiary alicyclic amines) is 1. The largest absolute Gasteiger partial charge is 0.352 e. The second-order valence-corrected chi connectivity index (χ2v) is 7.30. The van der Waals surface area contributed by atoms with Crippen LogP contribution in [0.15, 0.2) is 49.1 Å². The molecule has 1 aromatic carbocycles. The van der Waals surface area contributed by atoms with Gasteiger partial charge in [-0.05, 0) is 12.1 Å². The molecule has 1 atom stereocenters. The number of aromatic nitrogens is 4. The Labute approximate surface area is 180 Å². The standard InChI is InChI=1S/C20H16ClF3N6O/c21-12-9-27-19(28-10-12)29-11-15-20(23,24)5-8-30(15)18(31)16-13(3-1-4-14(16)22)17-25-6-2-7-26-17/h1-4,6-7,9-10,15H,5,8,11H2,(H,27,28,29)/t15-/m1/s1. The highest BCUT2D eigenvalue weighted by atomic mass is 35.5. The first kappa shape index (κ1) is 21.0. The van der Waals surface area contributed by atoms with E-state index >= 15 is 0 Å². The van der Waals surface area contributed by atoms with Crippen LogP contribution in [0.4, 0.5) is 19.1 Å². The Morgan fingerprint density at radius 3 is 2.58 bits per heavy atom. The van der Waals surface area contributed by atoms with Crippen LogP contribution in [0.3, 0.4) is 0 Å². The van der Waals surface area contributed by atoms with Gasteiger partial charge in [0, 0.05) is 37.5 Å². The van der Waals surface area contributed by atoms with Gasteiger partial charge in [-0.3, -0.25) is 4.79 Å². The third kappa shape index (κ3) is 4.29. The van der Waals surface area contributed by atoms with Gasteiger partial charge in [-0.2, -0.15) is 0 Å². The minimum Gasteiger partial charge on any atom is -0.352 e. The maximum absolute atomic E-state index is 14.7. The molecular formula is C20H16ClF3N6O. The Hall–Kier alpha value is -3.27. The van der Waals surface area contributed by atoms with E-state index in [1.807, 2.05) is 0 Å². The molecule has 1 aliphatic heterocycles. The second kappa shape index (κ2) is 8.46. The maximum atomic E-state index is 14.7. The SMILES string of the molecule is O=C(c1c(F)cccc1-c1ncccn1)N1CCC(F)(F)[C@H]1CNc1ncc(Cl)cn1. The van der Waals surface area contributed by atoms with E-state index in [1.165, 1.54) is 36.9 Å². The Kier molecular flexibility index (Phi) is 5.73. The number of carbonyl (C=O) groups excluding carboxylic acids is 1. The summed E-state index contributed by atoms with van der Waals surface area (Å²) >= 11 is 5.73. The molecule has 0 saturated carbocycles. The van der Waals surface area contributed by atoms with Crippen LogP contribution < -0.4 is 5.32 Å². The minimum absolute atomic E-state index is 0.0868. The molecule has 31 heavy (non-hydrogen) atoms. The Morgan fingerprint density at radius 2 is 1.87 bits per heavy atom. The number of hydrogen-bond donors (Lipinski definition) is 1. The average Bonchev–Trinajstić information content (AvgIpc) is 3.07. The third-order valence-corrected chi connectivity index (χ3v) is 5.11. The van der Waals surface area contributed by atoms with E-state index in [0.717, 1.165) is 11.0 Å². The van der Waals surface area contributed by atoms with Gasteiger partial charge < -0.3 is 10.2 Å². The van der Waals surface area contributed by atoms with Crippen LogP contribution in [-0.4, -0.2) is 55.8 Å². The van der Waals surface area contributed by atoms with Gasteiger partial charge in [0.05, 0.1) is 23.0 Å². The Morgan fingerprint density at radius 1 is 1.16 bits per heavy atom. The minimum atomic E-state index is -3.18. The van der Waals surface area contributed by atoms with Gasteiger partial charge in [0.1, 0.15) is 11.9 Å². The number of nitrogens with zero attached hydrogens (tertiary/aromatic N) is 5. The molecule has 0 radical (unpaired) electrons. The van der Waals surface area contributed by atoms with Crippen LogP contribution in [0.5, 0.6) is 0 Å². The molecule has 4 rings (SSSR count). The van der Waals surface area contributed by atoms with Gasteiger partial charge in [0.25, 0.3) is 11.8 Å². The van der Waals surface area contributed by atoms with E-state index in [9.17, 15) is 18.0 Å². The predicted octanol–water partition coefficient (Wildman–Crippen LogP) is 3.69. The zero-order valence-electron chi connectivity index (χ0n) is 16.0. The molecule has 3 heterocycles. The lowest BCUT2D eigenvalue weighted by Crippen LogP contribution is -2.47. The molecule has 0 bridgehead atoms. The van der Waals surface area contributed by atoms with Crippen LogP contribution in [0, 0.1) is 5.82 Å². The summed E-state index contributed by atoms with van der Waals surface area (Å²) in [4.78, 5) is 30.1. The molecule has 3 aromatic rings. The fourth-order valence-electron chi connectivity index (χ4n) is 3.42. The number of amides is 1. The molecule has 0 spiro atoms. The van der Waals surface area contributed by atoms with Gasteiger partial charge in [0.15, 0.2) is 5.82 Å². The average molecular weight is 449 g/mol. The first-order chi connectivity index (χ1) is 14.9. The van der Waals surface area contributed by atoms with Crippen molar-refractivity contribution >= 4 is 23.5 Å². The third-order valence-electron chi connectivity index (χ3n) is 4.92. The van der Waals surface area contributed by atoms with Crippen molar-refractivity contribution in [1.82, 2.24) is 24.8 Å². The highest BCUT2D eigenvalue weighted by molar-refractivity contribution is 6.30. The van der Waals surface area contributed by atoms with Gasteiger partial charge in [-0.15, -0.1) is 0 Å². The Balaban J connectivity index is 1.63. The summed E-state index contributed by atoms with van der Waals surface area (Å²) < 4.78 is 43.9. The number of halogens is 4. The summed E-state index contributed by atoms with van der Waals surface area (Å²) in [5.74, 6) is -4.66. The normalized spacial score (nSPS) is 17.5. The summed E-state index contributed by atoms with van der Waals surface area (Å²) in [5, 5.41) is 2.99. The number of carbonyl (C=O) groups is 1. The molecule has 1 saturated heterocycles. The van der Waals surface area contributed by atoms with E-state index in [1.54, 1.807) is 6.07 Å². The van der Waals surface area contributed by atoms with Gasteiger partial charge in [-0.25, -0.2) is 33.1 Å². The molecule has 1 N–H and O–H groups in total. The molecule has 2 aromatic heterocycles. The van der Waals surface area contributed by atoms with E-state index in [2.05, 4.69) is 25.3 Å². The lowest BCUT2D eigenvalue weighted by Gasteiger charge is -2.28. The maximum Gasteiger partial charge on any atom is 0.271 e. The quantitative estimate of drug-likeness (QED) is 0.641. The number of hydrogen-bond acceptors (Lipinski definition) is 6. The van der Waals surface area contributed by atoms with Crippen molar-refractivity contribution < 1.29 is 18.0 Å². The smallest absolute Gasteiger partial charge is 0.271 e. The van der Waals surface area contributed by atoms with Crippen LogP contribution in [-0.2, 0) is 0 Å². The lowest BCUT2D eigenvalue weighted by atomic mass is 10.0. The number of benzene rings is 1. The molecule has 160 valence electrons. The molecule has 0 unspecified atom stereocenters. The highest BCUT2D eigenvalue weighted by Crippen LogP contribution is 2.36. The molecule has 7 nitrogen and oxygen atoms in total. The van der Waals surface area contributed by atoms with E-state index in [-0.39, 0.29) is 36.0 Å². The van der Waals surface area contributed by atoms with Crippen molar-refractivity contribution in [3.63, 3.8) is 0 Å². The predicted molar refractivity (Wildman–Crippen MR) is 107 cm³/mol. The number of rotatable bonds is 5. The van der Waals surface area contributed by atoms with Gasteiger partial charge in [0.2, 0.25) is 5.95 Å². The van der Waals surface area contributed by atoms with Gasteiger partial charge >= 0.3 is 0 Å². The molecule has 0 aliphatic carbocycles. The van der Waals surface area contributed by atoms with E-state index < -0.39 is 30.1 Å². The summed E-state index contributed by atoms with van der Waals surface area (Å²) in [6.07, 6.45) is 4.99. The van der Waals surface area contributed by atoms with Crippen molar-refractivity contribution in [3.8, 4) is 11.4 Å². The van der Waals surface area contributed by atoms with Gasteiger partial charge in [-0.1, -0.05) is 23.7 Å². The summed E-state index contributed by atoms with van der Waals surface area (Å²) in [6, 6.07) is 4.04. The topological polar surface area (TPSA) is 83.9 Å². The number of nitrogens with one attached hydrogen (secondary N) is 1. The summed E-state index contributed by atoms with van der Waals surface area (Å²) in [5.41, 5.74) is -0.215. The summed E-state index contributed by atoms with van der Waals surface area (Å²) in [6.45, 7) is -0.560. The van der Waals surface area contributed by atoms with Crippen molar-refractivity contribution in [2.75, 3.05) is 18.4 Å². The molecular weight excluding hydrogens is 433 g/mol. The highest BCUT2D eigenvalue weighted by Gasteiger charge is 2.51. The zero-order valence-corrected chi connectivity index (χ0v) is 16.7. The van der Waals surface area contributed by atoms with Crippen LogP contribution in [0.1, 0.15) is 16.8 Å². The lowest BCUT2D eigenvalue weighted by molar-refractivity contribution is -0.0249. The second-order valence-electron chi connectivity index (χ2n) is 6.87. The molecule has 1 fully saturated rings. The fraction of sp³-hybridized carbons (Fsp3) is 0.250. The molecule has 11 heteroatoms.